The average molecular weight is 196 g/mol. The summed E-state index contributed by atoms with van der Waals surface area (Å²) in [6.07, 6.45) is 5.43. The third-order valence-electron chi connectivity index (χ3n) is 3.95. The molecule has 14 heavy (non-hydrogen) atoms. The Hall–Kier alpha value is -0.0800. The van der Waals surface area contributed by atoms with Crippen LogP contribution >= 0.6 is 0 Å². The zero-order valence-corrected chi connectivity index (χ0v) is 9.60. The highest BCUT2D eigenvalue weighted by Crippen LogP contribution is 2.51. The van der Waals surface area contributed by atoms with Crippen molar-refractivity contribution in [3.63, 3.8) is 0 Å². The zero-order chi connectivity index (χ0) is 10.0. The molecule has 0 aromatic heterocycles. The number of hydrogen-bond acceptors (Lipinski definition) is 2. The molecule has 2 N–H and O–H groups in total. The topological polar surface area (TPSA) is 24.1 Å². The van der Waals surface area contributed by atoms with Crippen LogP contribution in [-0.4, -0.2) is 25.7 Å². The molecule has 1 saturated carbocycles. The van der Waals surface area contributed by atoms with Gasteiger partial charge in [-0.2, -0.15) is 0 Å². The summed E-state index contributed by atoms with van der Waals surface area (Å²) < 4.78 is 0. The van der Waals surface area contributed by atoms with Gasteiger partial charge in [-0.05, 0) is 56.7 Å². The second-order valence-corrected chi connectivity index (χ2v) is 5.68. The Morgan fingerprint density at radius 3 is 2.79 bits per heavy atom. The molecule has 1 aliphatic carbocycles. The lowest BCUT2D eigenvalue weighted by molar-refractivity contribution is 0.432. The maximum absolute atomic E-state index is 3.74. The largest absolute Gasteiger partial charge is 0.317 e. The second kappa shape index (κ2) is 4.19. The normalized spacial score (nSPS) is 36.4. The Morgan fingerprint density at radius 2 is 2.07 bits per heavy atom. The van der Waals surface area contributed by atoms with Crippen LogP contribution in [0.15, 0.2) is 0 Å². The second-order valence-electron chi connectivity index (χ2n) is 5.68. The van der Waals surface area contributed by atoms with Crippen LogP contribution in [0.1, 0.15) is 39.5 Å². The predicted molar refractivity (Wildman–Crippen MR) is 60.4 cm³/mol. The molecule has 2 nitrogen and oxygen atoms in total. The average Bonchev–Trinajstić information content (AvgIpc) is 2.81. The highest BCUT2D eigenvalue weighted by atomic mass is 15.0. The van der Waals surface area contributed by atoms with Gasteiger partial charge in [0.15, 0.2) is 0 Å². The van der Waals surface area contributed by atoms with Crippen molar-refractivity contribution in [3.8, 4) is 0 Å². The summed E-state index contributed by atoms with van der Waals surface area (Å²) in [7, 11) is 0. The minimum Gasteiger partial charge on any atom is -0.317 e. The Bertz CT molecular complexity index is 181. The minimum absolute atomic E-state index is 0.635. The van der Waals surface area contributed by atoms with E-state index >= 15 is 0 Å². The van der Waals surface area contributed by atoms with E-state index in [0.717, 1.165) is 12.0 Å². The maximum Gasteiger partial charge on any atom is 0.00797 e. The van der Waals surface area contributed by atoms with Crippen LogP contribution in [0.4, 0.5) is 0 Å². The molecule has 0 spiro atoms. The Morgan fingerprint density at radius 1 is 1.29 bits per heavy atom. The number of nitrogens with one attached hydrogen (secondary N) is 2. The van der Waals surface area contributed by atoms with E-state index in [9.17, 15) is 0 Å². The molecule has 1 heterocycles. The van der Waals surface area contributed by atoms with E-state index in [1.165, 1.54) is 45.3 Å². The molecular weight excluding hydrogens is 172 g/mol. The first-order valence-electron chi connectivity index (χ1n) is 6.12. The molecule has 0 amide bonds. The Labute approximate surface area is 87.8 Å². The lowest BCUT2D eigenvalue weighted by atomic mass is 10.1. The van der Waals surface area contributed by atoms with E-state index in [4.69, 9.17) is 0 Å². The molecule has 82 valence electrons. The molecule has 0 aromatic carbocycles. The fraction of sp³-hybridized carbons (Fsp3) is 1.00. The third-order valence-corrected chi connectivity index (χ3v) is 3.95. The number of hydrogen-bond donors (Lipinski definition) is 2. The molecule has 2 aliphatic rings. The van der Waals surface area contributed by atoms with Crippen LogP contribution in [0.2, 0.25) is 0 Å². The summed E-state index contributed by atoms with van der Waals surface area (Å²) in [4.78, 5) is 0. The molecular formula is C12H24N2. The summed E-state index contributed by atoms with van der Waals surface area (Å²) in [5.41, 5.74) is 0.635. The summed E-state index contributed by atoms with van der Waals surface area (Å²) in [6.45, 7) is 8.43. The first-order chi connectivity index (χ1) is 6.68. The lowest BCUT2D eigenvalue weighted by Crippen LogP contribution is -2.32. The quantitative estimate of drug-likeness (QED) is 0.719. The van der Waals surface area contributed by atoms with Crippen molar-refractivity contribution >= 4 is 0 Å². The molecule has 2 fully saturated rings. The molecule has 0 bridgehead atoms. The van der Waals surface area contributed by atoms with Gasteiger partial charge in [0.05, 0.1) is 0 Å². The van der Waals surface area contributed by atoms with E-state index in [-0.39, 0.29) is 0 Å². The van der Waals surface area contributed by atoms with Crippen molar-refractivity contribution < 1.29 is 0 Å². The maximum atomic E-state index is 3.74. The molecule has 2 heteroatoms. The number of rotatable bonds is 3. The van der Waals surface area contributed by atoms with Gasteiger partial charge in [-0.15, -0.1) is 0 Å². The van der Waals surface area contributed by atoms with Gasteiger partial charge < -0.3 is 10.6 Å². The molecule has 2 atom stereocenters. The monoisotopic (exact) mass is 196 g/mol. The Balaban J connectivity index is 1.65. The molecule has 2 unspecified atom stereocenters. The van der Waals surface area contributed by atoms with Gasteiger partial charge >= 0.3 is 0 Å². The highest BCUT2D eigenvalue weighted by Gasteiger charge is 2.44. The third kappa shape index (κ3) is 2.71. The first kappa shape index (κ1) is 10.4. The zero-order valence-electron chi connectivity index (χ0n) is 9.60. The van der Waals surface area contributed by atoms with Crippen LogP contribution in [0.3, 0.4) is 0 Å². The van der Waals surface area contributed by atoms with Crippen LogP contribution in [0.25, 0.3) is 0 Å². The predicted octanol–water partition coefficient (Wildman–Crippen LogP) is 1.76. The van der Waals surface area contributed by atoms with Gasteiger partial charge in [0.1, 0.15) is 0 Å². The van der Waals surface area contributed by atoms with Gasteiger partial charge in [-0.3, -0.25) is 0 Å². The molecule has 0 aromatic rings. The van der Waals surface area contributed by atoms with Crippen LogP contribution in [-0.2, 0) is 0 Å². The molecule has 1 aliphatic heterocycles. The van der Waals surface area contributed by atoms with Gasteiger partial charge in [-0.1, -0.05) is 13.8 Å². The van der Waals surface area contributed by atoms with Crippen molar-refractivity contribution in [1.29, 1.82) is 0 Å². The van der Waals surface area contributed by atoms with Crippen LogP contribution < -0.4 is 10.6 Å². The van der Waals surface area contributed by atoms with Crippen molar-refractivity contribution in [2.75, 3.05) is 19.6 Å². The minimum atomic E-state index is 0.635. The molecule has 2 rings (SSSR count). The van der Waals surface area contributed by atoms with Crippen LogP contribution in [0.5, 0.6) is 0 Å². The standard InChI is InChI=1S/C12H24N2/c1-12(2)8-10(12)9-14-11-4-3-6-13-7-5-11/h10-11,13-14H,3-9H2,1-2H3. The van der Waals surface area contributed by atoms with Gasteiger partial charge in [0.25, 0.3) is 0 Å². The van der Waals surface area contributed by atoms with Crippen molar-refractivity contribution in [2.24, 2.45) is 11.3 Å². The smallest absolute Gasteiger partial charge is 0.00797 e. The van der Waals surface area contributed by atoms with E-state index in [1.54, 1.807) is 0 Å². The fourth-order valence-electron chi connectivity index (χ4n) is 2.46. The van der Waals surface area contributed by atoms with Gasteiger partial charge in [0, 0.05) is 6.04 Å². The highest BCUT2D eigenvalue weighted by molar-refractivity contribution is 4.96. The van der Waals surface area contributed by atoms with E-state index in [1.807, 2.05) is 0 Å². The van der Waals surface area contributed by atoms with Gasteiger partial charge in [-0.25, -0.2) is 0 Å². The van der Waals surface area contributed by atoms with Gasteiger partial charge in [0.2, 0.25) is 0 Å². The summed E-state index contributed by atoms with van der Waals surface area (Å²) in [5.74, 6) is 0.943. The first-order valence-corrected chi connectivity index (χ1v) is 6.12. The van der Waals surface area contributed by atoms with E-state index in [0.29, 0.717) is 5.41 Å². The lowest BCUT2D eigenvalue weighted by Gasteiger charge is -2.16. The molecule has 1 saturated heterocycles. The fourth-order valence-corrected chi connectivity index (χ4v) is 2.46. The summed E-state index contributed by atoms with van der Waals surface area (Å²) in [5, 5.41) is 7.20. The summed E-state index contributed by atoms with van der Waals surface area (Å²) >= 11 is 0. The SMILES string of the molecule is CC1(C)CC1CNC1CCCNCC1. The van der Waals surface area contributed by atoms with E-state index in [2.05, 4.69) is 24.5 Å². The van der Waals surface area contributed by atoms with Crippen LogP contribution in [0, 0.1) is 11.3 Å². The van der Waals surface area contributed by atoms with Crippen molar-refractivity contribution in [1.82, 2.24) is 10.6 Å². The van der Waals surface area contributed by atoms with E-state index < -0.39 is 0 Å². The summed E-state index contributed by atoms with van der Waals surface area (Å²) in [6, 6.07) is 0.779. The van der Waals surface area contributed by atoms with Crippen molar-refractivity contribution in [3.05, 3.63) is 0 Å². The molecule has 0 radical (unpaired) electrons. The van der Waals surface area contributed by atoms with Crippen molar-refractivity contribution in [2.45, 2.75) is 45.6 Å². The Kier molecular flexibility index (Phi) is 3.13.